The van der Waals surface area contributed by atoms with Crippen LogP contribution >= 0.6 is 0 Å². The Balaban J connectivity index is 1.50. The third kappa shape index (κ3) is 4.60. The molecule has 1 unspecified atom stereocenters. The Kier molecular flexibility index (Phi) is 5.29. The summed E-state index contributed by atoms with van der Waals surface area (Å²) in [5.74, 6) is 0.547. The molecule has 0 aromatic carbocycles. The minimum atomic E-state index is -0.261. The van der Waals surface area contributed by atoms with Gasteiger partial charge in [0.15, 0.2) is 0 Å². The SMILES string of the molecule is Cc1nc(C(=O)NCCCOCC2CCCO2)n[nH]1. The first-order chi connectivity index (χ1) is 9.25. The third-order valence-electron chi connectivity index (χ3n) is 2.88. The molecule has 2 heterocycles. The summed E-state index contributed by atoms with van der Waals surface area (Å²) in [5.41, 5.74) is 0. The lowest BCUT2D eigenvalue weighted by Crippen LogP contribution is -2.26. The van der Waals surface area contributed by atoms with E-state index in [9.17, 15) is 4.79 Å². The van der Waals surface area contributed by atoms with Crippen molar-refractivity contribution in [3.63, 3.8) is 0 Å². The Hall–Kier alpha value is -1.47. The van der Waals surface area contributed by atoms with Crippen molar-refractivity contribution in [1.82, 2.24) is 20.5 Å². The normalized spacial score (nSPS) is 18.7. The second kappa shape index (κ2) is 7.20. The van der Waals surface area contributed by atoms with Crippen molar-refractivity contribution in [3.8, 4) is 0 Å². The van der Waals surface area contributed by atoms with Crippen molar-refractivity contribution < 1.29 is 14.3 Å². The van der Waals surface area contributed by atoms with Crippen LogP contribution in [0.4, 0.5) is 0 Å². The minimum absolute atomic E-state index is 0.178. The maximum atomic E-state index is 11.6. The van der Waals surface area contributed by atoms with Gasteiger partial charge in [0, 0.05) is 19.8 Å². The summed E-state index contributed by atoms with van der Waals surface area (Å²) < 4.78 is 10.9. The van der Waals surface area contributed by atoms with Gasteiger partial charge in [0.2, 0.25) is 5.82 Å². The minimum Gasteiger partial charge on any atom is -0.379 e. The first-order valence-electron chi connectivity index (χ1n) is 6.62. The third-order valence-corrected chi connectivity index (χ3v) is 2.88. The first kappa shape index (κ1) is 14.0. The Morgan fingerprint density at radius 1 is 1.63 bits per heavy atom. The van der Waals surface area contributed by atoms with Crippen LogP contribution in [0.25, 0.3) is 0 Å². The molecule has 0 saturated carbocycles. The van der Waals surface area contributed by atoms with Crippen LogP contribution in [0.15, 0.2) is 0 Å². The molecule has 1 fully saturated rings. The van der Waals surface area contributed by atoms with Gasteiger partial charge in [-0.15, -0.1) is 5.10 Å². The van der Waals surface area contributed by atoms with Crippen LogP contribution in [0.2, 0.25) is 0 Å². The molecule has 0 radical (unpaired) electrons. The molecule has 0 spiro atoms. The van der Waals surface area contributed by atoms with Gasteiger partial charge in [-0.2, -0.15) is 0 Å². The summed E-state index contributed by atoms with van der Waals surface area (Å²) in [6, 6.07) is 0. The van der Waals surface area contributed by atoms with Crippen LogP contribution in [0.5, 0.6) is 0 Å². The maximum absolute atomic E-state index is 11.6. The number of nitrogens with one attached hydrogen (secondary N) is 2. The fourth-order valence-electron chi connectivity index (χ4n) is 1.89. The zero-order valence-electron chi connectivity index (χ0n) is 11.1. The van der Waals surface area contributed by atoms with Gasteiger partial charge in [-0.25, -0.2) is 4.98 Å². The summed E-state index contributed by atoms with van der Waals surface area (Å²) in [6.45, 7) is 4.42. The first-order valence-corrected chi connectivity index (χ1v) is 6.62. The number of H-pyrrole nitrogens is 1. The lowest BCUT2D eigenvalue weighted by molar-refractivity contribution is 0.0166. The number of aryl methyl sites for hydroxylation is 1. The highest BCUT2D eigenvalue weighted by molar-refractivity contribution is 5.90. The molecular weight excluding hydrogens is 248 g/mol. The number of ether oxygens (including phenoxy) is 2. The number of rotatable bonds is 7. The van der Waals surface area contributed by atoms with Crippen molar-refractivity contribution in [1.29, 1.82) is 0 Å². The molecule has 1 aromatic heterocycles. The Bertz CT molecular complexity index is 401. The molecule has 1 saturated heterocycles. The van der Waals surface area contributed by atoms with Crippen LogP contribution in [-0.4, -0.2) is 53.6 Å². The fraction of sp³-hybridized carbons (Fsp3) is 0.750. The molecule has 2 rings (SSSR count). The van der Waals surface area contributed by atoms with E-state index in [1.165, 1.54) is 0 Å². The number of aromatic amines is 1. The van der Waals surface area contributed by atoms with E-state index in [0.717, 1.165) is 25.9 Å². The van der Waals surface area contributed by atoms with Gasteiger partial charge in [-0.3, -0.25) is 9.89 Å². The summed E-state index contributed by atoms with van der Waals surface area (Å²) in [6.07, 6.45) is 3.23. The van der Waals surface area contributed by atoms with E-state index in [-0.39, 0.29) is 17.8 Å². The summed E-state index contributed by atoms with van der Waals surface area (Å²) in [7, 11) is 0. The topological polar surface area (TPSA) is 89.1 Å². The van der Waals surface area contributed by atoms with Crippen molar-refractivity contribution in [2.45, 2.75) is 32.3 Å². The van der Waals surface area contributed by atoms with E-state index in [0.29, 0.717) is 25.6 Å². The Labute approximate surface area is 112 Å². The molecule has 0 bridgehead atoms. The zero-order chi connectivity index (χ0) is 13.5. The average Bonchev–Trinajstić information content (AvgIpc) is 3.04. The Morgan fingerprint density at radius 3 is 3.21 bits per heavy atom. The van der Waals surface area contributed by atoms with Gasteiger partial charge < -0.3 is 14.8 Å². The average molecular weight is 268 g/mol. The summed E-state index contributed by atoms with van der Waals surface area (Å²) >= 11 is 0. The van der Waals surface area contributed by atoms with Crippen LogP contribution in [-0.2, 0) is 9.47 Å². The molecule has 1 aliphatic rings. The molecule has 7 heteroatoms. The molecule has 0 aliphatic carbocycles. The number of nitrogens with zero attached hydrogens (tertiary/aromatic N) is 2. The van der Waals surface area contributed by atoms with E-state index in [1.807, 2.05) is 0 Å². The van der Waals surface area contributed by atoms with Gasteiger partial charge in [-0.05, 0) is 26.2 Å². The van der Waals surface area contributed by atoms with E-state index in [2.05, 4.69) is 20.5 Å². The molecule has 1 atom stereocenters. The molecule has 1 aromatic rings. The van der Waals surface area contributed by atoms with Crippen LogP contribution in [0.1, 0.15) is 35.7 Å². The molecule has 106 valence electrons. The van der Waals surface area contributed by atoms with Crippen LogP contribution < -0.4 is 5.32 Å². The van der Waals surface area contributed by atoms with Crippen molar-refractivity contribution in [3.05, 3.63) is 11.6 Å². The number of carbonyl (C=O) groups excluding carboxylic acids is 1. The number of hydrogen-bond acceptors (Lipinski definition) is 5. The standard InChI is InChI=1S/C12H20N4O3/c1-9-14-11(16-15-9)12(17)13-5-3-6-18-8-10-4-2-7-19-10/h10H,2-8H2,1H3,(H,13,17)(H,14,15,16). The smallest absolute Gasteiger partial charge is 0.290 e. The fourth-order valence-corrected chi connectivity index (χ4v) is 1.89. The lowest BCUT2D eigenvalue weighted by atomic mass is 10.2. The van der Waals surface area contributed by atoms with Gasteiger partial charge in [0.1, 0.15) is 5.82 Å². The molecule has 1 aliphatic heterocycles. The maximum Gasteiger partial charge on any atom is 0.290 e. The van der Waals surface area contributed by atoms with E-state index in [4.69, 9.17) is 9.47 Å². The quantitative estimate of drug-likeness (QED) is 0.700. The van der Waals surface area contributed by atoms with Crippen molar-refractivity contribution in [2.75, 3.05) is 26.4 Å². The van der Waals surface area contributed by atoms with E-state index in [1.54, 1.807) is 6.92 Å². The molecule has 2 N–H and O–H groups in total. The highest BCUT2D eigenvalue weighted by Gasteiger charge is 2.15. The molecular formula is C12H20N4O3. The molecule has 1 amide bonds. The van der Waals surface area contributed by atoms with Crippen molar-refractivity contribution in [2.24, 2.45) is 0 Å². The van der Waals surface area contributed by atoms with Crippen molar-refractivity contribution >= 4 is 5.91 Å². The Morgan fingerprint density at radius 2 is 2.53 bits per heavy atom. The highest BCUT2D eigenvalue weighted by atomic mass is 16.5. The second-order valence-electron chi connectivity index (χ2n) is 4.56. The number of hydrogen-bond donors (Lipinski definition) is 2. The lowest BCUT2D eigenvalue weighted by Gasteiger charge is -2.09. The molecule has 19 heavy (non-hydrogen) atoms. The highest BCUT2D eigenvalue weighted by Crippen LogP contribution is 2.11. The largest absolute Gasteiger partial charge is 0.379 e. The monoisotopic (exact) mass is 268 g/mol. The number of aromatic nitrogens is 3. The van der Waals surface area contributed by atoms with Gasteiger partial charge in [-0.1, -0.05) is 0 Å². The van der Waals surface area contributed by atoms with Gasteiger partial charge in [0.05, 0.1) is 12.7 Å². The van der Waals surface area contributed by atoms with Crippen LogP contribution in [0.3, 0.4) is 0 Å². The zero-order valence-corrected chi connectivity index (χ0v) is 11.1. The summed E-state index contributed by atoms with van der Waals surface area (Å²) in [4.78, 5) is 15.5. The molecule has 7 nitrogen and oxygen atoms in total. The number of carbonyl (C=O) groups is 1. The predicted molar refractivity (Wildman–Crippen MR) is 67.9 cm³/mol. The van der Waals surface area contributed by atoms with E-state index >= 15 is 0 Å². The summed E-state index contributed by atoms with van der Waals surface area (Å²) in [5, 5.41) is 9.16. The predicted octanol–water partition coefficient (Wildman–Crippen LogP) is 0.429. The van der Waals surface area contributed by atoms with Gasteiger partial charge >= 0.3 is 0 Å². The van der Waals surface area contributed by atoms with Crippen LogP contribution in [0, 0.1) is 6.92 Å². The van der Waals surface area contributed by atoms with E-state index < -0.39 is 0 Å². The second-order valence-corrected chi connectivity index (χ2v) is 4.56. The number of amides is 1. The van der Waals surface area contributed by atoms with Gasteiger partial charge in [0.25, 0.3) is 5.91 Å².